The van der Waals surface area contributed by atoms with Gasteiger partial charge in [0, 0.05) is 5.57 Å². The second-order valence-electron chi connectivity index (χ2n) is 4.03. The van der Waals surface area contributed by atoms with Crippen LogP contribution in [0.3, 0.4) is 0 Å². The Labute approximate surface area is 101 Å². The van der Waals surface area contributed by atoms with Gasteiger partial charge in [-0.3, -0.25) is 4.79 Å². The van der Waals surface area contributed by atoms with Crippen LogP contribution in [0.1, 0.15) is 27.2 Å². The summed E-state index contributed by atoms with van der Waals surface area (Å²) >= 11 is 5.59. The zero-order valence-corrected chi connectivity index (χ0v) is 10.6. The largest absolute Gasteiger partial charge is 0.462 e. The highest BCUT2D eigenvalue weighted by Gasteiger charge is 2.21. The monoisotopic (exact) mass is 248 g/mol. The minimum atomic E-state index is -0.697. The molecular weight excluding hydrogens is 232 g/mol. The van der Waals surface area contributed by atoms with E-state index in [0.717, 1.165) is 0 Å². The van der Waals surface area contributed by atoms with Gasteiger partial charge >= 0.3 is 11.9 Å². The predicted molar refractivity (Wildman–Crippen MR) is 61.3 cm³/mol. The highest BCUT2D eigenvalue weighted by molar-refractivity contribution is 6.18. The molecule has 0 aliphatic rings. The Kier molecular flexibility index (Phi) is 6.11. The second-order valence-corrected chi connectivity index (χ2v) is 4.30. The molecule has 0 bridgehead atoms. The Hall–Kier alpha value is -1.03. The van der Waals surface area contributed by atoms with Crippen molar-refractivity contribution in [2.45, 2.75) is 32.8 Å². The van der Waals surface area contributed by atoms with E-state index in [2.05, 4.69) is 6.58 Å². The van der Waals surface area contributed by atoms with Crippen molar-refractivity contribution in [2.24, 2.45) is 0 Å². The van der Waals surface area contributed by atoms with Crippen LogP contribution >= 0.6 is 11.6 Å². The van der Waals surface area contributed by atoms with Gasteiger partial charge in [0.05, 0.1) is 12.3 Å². The molecule has 0 N–H and O–H groups in total. The lowest BCUT2D eigenvalue weighted by atomic mass is 10.2. The minimum absolute atomic E-state index is 0.0110. The van der Waals surface area contributed by atoms with Gasteiger partial charge in [0.2, 0.25) is 0 Å². The average molecular weight is 249 g/mol. The molecule has 0 rings (SSSR count). The first-order chi connectivity index (χ1) is 7.28. The number of rotatable bonds is 6. The molecule has 0 fully saturated rings. The van der Waals surface area contributed by atoms with Crippen molar-refractivity contribution in [2.75, 3.05) is 12.5 Å². The van der Waals surface area contributed by atoms with Gasteiger partial charge in [0.1, 0.15) is 12.2 Å². The van der Waals surface area contributed by atoms with E-state index in [1.54, 1.807) is 13.8 Å². The molecule has 0 radical (unpaired) electrons. The molecule has 5 heteroatoms. The first kappa shape index (κ1) is 15.0. The second kappa shape index (κ2) is 6.53. The lowest BCUT2D eigenvalue weighted by Gasteiger charge is -2.21. The standard InChI is InChI=1S/C11H17ClO4/c1-8(2)10(14)15-6-5-9(13)16-11(3,4)7-12/h1,5-7H2,2-4H3. The molecule has 0 aliphatic carbocycles. The molecular formula is C11H17ClO4. The minimum Gasteiger partial charge on any atom is -0.462 e. The lowest BCUT2D eigenvalue weighted by Crippen LogP contribution is -2.30. The maximum Gasteiger partial charge on any atom is 0.333 e. The van der Waals surface area contributed by atoms with Crippen molar-refractivity contribution < 1.29 is 19.1 Å². The molecule has 4 nitrogen and oxygen atoms in total. The van der Waals surface area contributed by atoms with Gasteiger partial charge in [-0.05, 0) is 20.8 Å². The van der Waals surface area contributed by atoms with Gasteiger partial charge in [-0.1, -0.05) is 6.58 Å². The number of carbonyl (C=O) groups excluding carboxylic acids is 2. The molecule has 0 amide bonds. The molecule has 0 unspecified atom stereocenters. The SMILES string of the molecule is C=C(C)C(=O)OCCC(=O)OC(C)(C)CCl. The van der Waals surface area contributed by atoms with Crippen molar-refractivity contribution >= 4 is 23.5 Å². The summed E-state index contributed by atoms with van der Waals surface area (Å²) in [5.74, 6) is -0.742. The highest BCUT2D eigenvalue weighted by atomic mass is 35.5. The first-order valence-corrected chi connectivity index (χ1v) is 5.42. The Balaban J connectivity index is 3.83. The van der Waals surface area contributed by atoms with Crippen LogP contribution in [0.15, 0.2) is 12.2 Å². The predicted octanol–water partition coefficient (Wildman–Crippen LogP) is 2.06. The summed E-state index contributed by atoms with van der Waals surface area (Å²) in [5.41, 5.74) is -0.397. The summed E-state index contributed by atoms with van der Waals surface area (Å²) in [7, 11) is 0. The molecule has 0 aromatic rings. The van der Waals surface area contributed by atoms with Crippen molar-refractivity contribution in [1.82, 2.24) is 0 Å². The van der Waals surface area contributed by atoms with Gasteiger partial charge in [-0.2, -0.15) is 0 Å². The molecule has 0 atom stereocenters. The van der Waals surface area contributed by atoms with Crippen LogP contribution in [0.25, 0.3) is 0 Å². The van der Waals surface area contributed by atoms with E-state index in [1.807, 2.05) is 0 Å². The van der Waals surface area contributed by atoms with Crippen LogP contribution in [0.4, 0.5) is 0 Å². The number of alkyl halides is 1. The fourth-order valence-electron chi connectivity index (χ4n) is 0.737. The Morgan fingerprint density at radius 3 is 2.38 bits per heavy atom. The van der Waals surface area contributed by atoms with Crippen LogP contribution in [0.5, 0.6) is 0 Å². The third kappa shape index (κ3) is 6.45. The number of halogens is 1. The molecule has 0 spiro atoms. The summed E-state index contributed by atoms with van der Waals surface area (Å²) in [5, 5.41) is 0. The van der Waals surface area contributed by atoms with Crippen LogP contribution in [-0.4, -0.2) is 30.0 Å². The zero-order valence-electron chi connectivity index (χ0n) is 9.84. The molecule has 92 valence electrons. The van der Waals surface area contributed by atoms with Crippen molar-refractivity contribution in [3.05, 3.63) is 12.2 Å². The number of hydrogen-bond acceptors (Lipinski definition) is 4. The number of ether oxygens (including phenoxy) is 2. The van der Waals surface area contributed by atoms with Gasteiger partial charge in [-0.25, -0.2) is 4.79 Å². The molecule has 0 saturated heterocycles. The third-order valence-corrected chi connectivity index (χ3v) is 2.24. The summed E-state index contributed by atoms with van der Waals surface area (Å²) in [6.07, 6.45) is 0.0132. The van der Waals surface area contributed by atoms with Crippen molar-refractivity contribution in [3.8, 4) is 0 Å². The average Bonchev–Trinajstić information content (AvgIpc) is 2.16. The first-order valence-electron chi connectivity index (χ1n) is 4.89. The summed E-state index contributed by atoms with van der Waals surface area (Å²) in [6, 6.07) is 0. The van der Waals surface area contributed by atoms with E-state index in [1.165, 1.54) is 6.92 Å². The van der Waals surface area contributed by atoms with Gasteiger partial charge in [-0.15, -0.1) is 11.6 Å². The van der Waals surface area contributed by atoms with E-state index >= 15 is 0 Å². The fourth-order valence-corrected chi connectivity index (χ4v) is 0.791. The lowest BCUT2D eigenvalue weighted by molar-refractivity contribution is -0.156. The van der Waals surface area contributed by atoms with E-state index < -0.39 is 17.5 Å². The Morgan fingerprint density at radius 1 is 1.38 bits per heavy atom. The highest BCUT2D eigenvalue weighted by Crippen LogP contribution is 2.12. The van der Waals surface area contributed by atoms with E-state index in [0.29, 0.717) is 5.57 Å². The van der Waals surface area contributed by atoms with E-state index in [4.69, 9.17) is 21.1 Å². The molecule has 16 heavy (non-hydrogen) atoms. The van der Waals surface area contributed by atoms with Gasteiger partial charge in [0.15, 0.2) is 0 Å². The van der Waals surface area contributed by atoms with Crippen LogP contribution in [0.2, 0.25) is 0 Å². The molecule has 0 aromatic heterocycles. The Morgan fingerprint density at radius 2 is 1.94 bits per heavy atom. The summed E-state index contributed by atoms with van der Waals surface area (Å²) < 4.78 is 9.79. The van der Waals surface area contributed by atoms with E-state index in [-0.39, 0.29) is 18.9 Å². The number of esters is 2. The zero-order chi connectivity index (χ0) is 12.8. The maximum absolute atomic E-state index is 11.3. The molecule has 0 heterocycles. The normalized spacial score (nSPS) is 10.8. The van der Waals surface area contributed by atoms with Gasteiger partial charge in [0.25, 0.3) is 0 Å². The van der Waals surface area contributed by atoms with Crippen LogP contribution in [-0.2, 0) is 19.1 Å². The number of carbonyl (C=O) groups is 2. The molecule has 0 saturated carbocycles. The summed E-state index contributed by atoms with van der Waals surface area (Å²) in [6.45, 7) is 8.36. The molecule has 0 aliphatic heterocycles. The van der Waals surface area contributed by atoms with Gasteiger partial charge < -0.3 is 9.47 Å². The maximum atomic E-state index is 11.3. The van der Waals surface area contributed by atoms with Crippen molar-refractivity contribution in [1.29, 1.82) is 0 Å². The third-order valence-electron chi connectivity index (χ3n) is 1.60. The summed E-state index contributed by atoms with van der Waals surface area (Å²) in [4.78, 5) is 22.2. The number of hydrogen-bond donors (Lipinski definition) is 0. The van der Waals surface area contributed by atoms with Crippen LogP contribution in [0, 0.1) is 0 Å². The van der Waals surface area contributed by atoms with E-state index in [9.17, 15) is 9.59 Å². The fraction of sp³-hybridized carbons (Fsp3) is 0.636. The Bertz CT molecular complexity index is 284. The van der Waals surface area contributed by atoms with Crippen molar-refractivity contribution in [3.63, 3.8) is 0 Å². The molecule has 0 aromatic carbocycles. The topological polar surface area (TPSA) is 52.6 Å². The smallest absolute Gasteiger partial charge is 0.333 e. The quantitative estimate of drug-likeness (QED) is 0.410. The van der Waals surface area contributed by atoms with Crippen LogP contribution < -0.4 is 0 Å².